The van der Waals surface area contributed by atoms with E-state index >= 15 is 0 Å². The first-order valence-electron chi connectivity index (χ1n) is 7.72. The van der Waals surface area contributed by atoms with Gasteiger partial charge in [0, 0.05) is 24.5 Å². The predicted molar refractivity (Wildman–Crippen MR) is 87.2 cm³/mol. The minimum absolute atomic E-state index is 0.602. The molecule has 3 N–H and O–H groups in total. The number of anilines is 2. The zero-order chi connectivity index (χ0) is 14.2. The van der Waals surface area contributed by atoms with Gasteiger partial charge in [-0.25, -0.2) is 0 Å². The average Bonchev–Trinajstić information content (AvgIpc) is 3.41. The monoisotopic (exact) mass is 300 g/mol. The molecule has 0 spiro atoms. The van der Waals surface area contributed by atoms with E-state index in [9.17, 15) is 0 Å². The molecule has 0 bridgehead atoms. The summed E-state index contributed by atoms with van der Waals surface area (Å²) in [5.74, 6) is 3.36. The Kier molecular flexibility index (Phi) is 3.30. The van der Waals surface area contributed by atoms with Crippen LogP contribution in [0.4, 0.5) is 10.8 Å². The molecule has 2 saturated carbocycles. The van der Waals surface area contributed by atoms with Gasteiger partial charge in [0.25, 0.3) is 0 Å². The summed E-state index contributed by atoms with van der Waals surface area (Å²) < 4.78 is 4.32. The van der Waals surface area contributed by atoms with Crippen molar-refractivity contribution in [2.45, 2.75) is 25.7 Å². The number of aromatic nitrogens is 2. The smallest absolute Gasteiger partial charge is 0.147 e. The number of nitrogens with two attached hydrogens (primary N) is 1. The second kappa shape index (κ2) is 5.30. The number of nitrogens with one attached hydrogen (secondary N) is 1. The summed E-state index contributed by atoms with van der Waals surface area (Å²) in [6, 6.07) is 3.98. The molecule has 0 atom stereocenters. The molecule has 4 nitrogen and oxygen atoms in total. The summed E-state index contributed by atoms with van der Waals surface area (Å²) in [6.07, 6.45) is 9.31. The number of hydrogen-bond donors (Lipinski definition) is 2. The van der Waals surface area contributed by atoms with Gasteiger partial charge < -0.3 is 11.1 Å². The van der Waals surface area contributed by atoms with Gasteiger partial charge in [-0.3, -0.25) is 4.98 Å². The minimum Gasteiger partial charge on any atom is -0.382 e. The Labute approximate surface area is 129 Å². The van der Waals surface area contributed by atoms with E-state index in [2.05, 4.69) is 14.7 Å². The second-order valence-corrected chi connectivity index (χ2v) is 7.01. The first-order valence-corrected chi connectivity index (χ1v) is 8.49. The van der Waals surface area contributed by atoms with Gasteiger partial charge in [-0.1, -0.05) is 6.07 Å². The van der Waals surface area contributed by atoms with Crippen LogP contribution in [0, 0.1) is 17.8 Å². The van der Waals surface area contributed by atoms with Gasteiger partial charge in [-0.15, -0.1) is 0 Å². The van der Waals surface area contributed by atoms with E-state index < -0.39 is 0 Å². The molecule has 5 heteroatoms. The lowest BCUT2D eigenvalue weighted by molar-refractivity contribution is 0.428. The molecule has 0 amide bonds. The van der Waals surface area contributed by atoms with Gasteiger partial charge in [0.15, 0.2) is 0 Å². The molecule has 0 aliphatic heterocycles. The van der Waals surface area contributed by atoms with Gasteiger partial charge in [0.1, 0.15) is 10.8 Å². The van der Waals surface area contributed by atoms with Gasteiger partial charge in [0.05, 0.1) is 5.56 Å². The van der Waals surface area contributed by atoms with Gasteiger partial charge >= 0.3 is 0 Å². The van der Waals surface area contributed by atoms with Crippen molar-refractivity contribution in [1.29, 1.82) is 0 Å². The Hall–Kier alpha value is -1.62. The molecule has 21 heavy (non-hydrogen) atoms. The summed E-state index contributed by atoms with van der Waals surface area (Å²) in [4.78, 5) is 4.19. The quantitative estimate of drug-likeness (QED) is 0.855. The maximum atomic E-state index is 6.06. The lowest BCUT2D eigenvalue weighted by Crippen LogP contribution is -2.18. The zero-order valence-corrected chi connectivity index (χ0v) is 12.8. The van der Waals surface area contributed by atoms with Gasteiger partial charge in [-0.05, 0) is 61.0 Å². The van der Waals surface area contributed by atoms with Crippen LogP contribution in [0.5, 0.6) is 0 Å². The van der Waals surface area contributed by atoms with Crippen molar-refractivity contribution in [1.82, 2.24) is 9.36 Å². The molecule has 4 rings (SSSR count). The van der Waals surface area contributed by atoms with Crippen molar-refractivity contribution in [2.24, 2.45) is 17.8 Å². The van der Waals surface area contributed by atoms with Crippen molar-refractivity contribution in [3.8, 4) is 11.1 Å². The van der Waals surface area contributed by atoms with Crippen LogP contribution in [0.1, 0.15) is 25.7 Å². The van der Waals surface area contributed by atoms with Crippen LogP contribution in [0.2, 0.25) is 0 Å². The fraction of sp³-hybridized carbons (Fsp3) is 0.500. The average molecular weight is 300 g/mol. The highest BCUT2D eigenvalue weighted by atomic mass is 32.1. The standard InChI is InChI=1S/C16H20N4S/c17-15-14(12-2-1-7-18-8-12)16(21-20-15)19-9-13(10-3-4-10)11-5-6-11/h1-2,7-8,10-11,13,19H,3-6,9H2,(H2,17,20). The third-order valence-corrected chi connectivity index (χ3v) is 5.44. The lowest BCUT2D eigenvalue weighted by Gasteiger charge is -2.16. The van der Waals surface area contributed by atoms with E-state index in [0.29, 0.717) is 5.82 Å². The zero-order valence-electron chi connectivity index (χ0n) is 12.0. The number of nitrogen functional groups attached to an aromatic ring is 1. The van der Waals surface area contributed by atoms with E-state index in [-0.39, 0.29) is 0 Å². The molecule has 2 aliphatic rings. The third-order valence-electron chi connectivity index (χ3n) is 4.62. The predicted octanol–water partition coefficient (Wildman–Crippen LogP) is 3.64. The first kappa shape index (κ1) is 13.1. The molecule has 2 aromatic heterocycles. The molecule has 0 saturated heterocycles. The highest BCUT2D eigenvalue weighted by Gasteiger charge is 2.41. The van der Waals surface area contributed by atoms with E-state index in [4.69, 9.17) is 5.73 Å². The van der Waals surface area contributed by atoms with Crippen molar-refractivity contribution in [3.05, 3.63) is 24.5 Å². The molecule has 110 valence electrons. The number of pyridine rings is 1. The van der Waals surface area contributed by atoms with E-state index in [1.165, 1.54) is 37.2 Å². The number of hydrogen-bond acceptors (Lipinski definition) is 5. The highest BCUT2D eigenvalue weighted by molar-refractivity contribution is 7.11. The van der Waals surface area contributed by atoms with Gasteiger partial charge in [-0.2, -0.15) is 4.37 Å². The van der Waals surface area contributed by atoms with Crippen molar-refractivity contribution >= 4 is 22.4 Å². The Morgan fingerprint density at radius 1 is 1.29 bits per heavy atom. The topological polar surface area (TPSA) is 63.8 Å². The lowest BCUT2D eigenvalue weighted by atomic mass is 9.98. The molecule has 0 radical (unpaired) electrons. The Morgan fingerprint density at radius 2 is 2.05 bits per heavy atom. The molecule has 0 aromatic carbocycles. The van der Waals surface area contributed by atoms with Crippen LogP contribution in [0.3, 0.4) is 0 Å². The summed E-state index contributed by atoms with van der Waals surface area (Å²) in [5.41, 5.74) is 8.11. The Morgan fingerprint density at radius 3 is 2.67 bits per heavy atom. The Bertz CT molecular complexity index is 604. The Balaban J connectivity index is 1.52. The molecule has 2 aliphatic carbocycles. The molecule has 2 heterocycles. The number of nitrogens with zero attached hydrogens (tertiary/aromatic N) is 2. The van der Waals surface area contributed by atoms with Gasteiger partial charge in [0.2, 0.25) is 0 Å². The molecule has 0 unspecified atom stereocenters. The van der Waals surface area contributed by atoms with E-state index in [0.717, 1.165) is 40.4 Å². The fourth-order valence-corrected chi connectivity index (χ4v) is 3.93. The summed E-state index contributed by atoms with van der Waals surface area (Å²) in [6.45, 7) is 1.06. The maximum absolute atomic E-state index is 6.06. The van der Waals surface area contributed by atoms with Crippen molar-refractivity contribution in [3.63, 3.8) is 0 Å². The minimum atomic E-state index is 0.602. The summed E-state index contributed by atoms with van der Waals surface area (Å²) >= 11 is 1.46. The molecular formula is C16H20N4S. The first-order chi connectivity index (χ1) is 10.3. The van der Waals surface area contributed by atoms with Crippen LogP contribution >= 0.6 is 11.5 Å². The van der Waals surface area contributed by atoms with Crippen LogP contribution in [-0.2, 0) is 0 Å². The number of rotatable bonds is 6. The molecule has 2 aromatic rings. The third kappa shape index (κ3) is 2.75. The van der Waals surface area contributed by atoms with E-state index in [1.54, 1.807) is 6.20 Å². The van der Waals surface area contributed by atoms with Crippen molar-refractivity contribution < 1.29 is 0 Å². The molecular weight excluding hydrogens is 280 g/mol. The van der Waals surface area contributed by atoms with Crippen LogP contribution in [0.15, 0.2) is 24.5 Å². The van der Waals surface area contributed by atoms with Crippen LogP contribution < -0.4 is 11.1 Å². The normalized spacial score (nSPS) is 18.1. The molecule has 2 fully saturated rings. The second-order valence-electron chi connectivity index (χ2n) is 6.23. The maximum Gasteiger partial charge on any atom is 0.147 e. The van der Waals surface area contributed by atoms with Crippen LogP contribution in [-0.4, -0.2) is 15.9 Å². The highest BCUT2D eigenvalue weighted by Crippen LogP contribution is 2.49. The fourth-order valence-electron chi connectivity index (χ4n) is 3.19. The van der Waals surface area contributed by atoms with E-state index in [1.807, 2.05) is 18.3 Å². The van der Waals surface area contributed by atoms with Crippen LogP contribution in [0.25, 0.3) is 11.1 Å². The largest absolute Gasteiger partial charge is 0.382 e. The SMILES string of the molecule is Nc1nsc(NCC(C2CC2)C2CC2)c1-c1cccnc1. The van der Waals surface area contributed by atoms with Crippen molar-refractivity contribution in [2.75, 3.05) is 17.6 Å². The summed E-state index contributed by atoms with van der Waals surface area (Å²) in [5, 5.41) is 4.71. The summed E-state index contributed by atoms with van der Waals surface area (Å²) in [7, 11) is 0.